The molecule has 1 aliphatic heterocycles. The van der Waals surface area contributed by atoms with E-state index in [0.717, 1.165) is 35.9 Å². The molecule has 8 nitrogen and oxygen atoms in total. The highest BCUT2D eigenvalue weighted by atomic mass is 32.2. The minimum absolute atomic E-state index is 0.0786. The number of hydrogen-bond acceptors (Lipinski definition) is 6. The van der Waals surface area contributed by atoms with Crippen LogP contribution in [0.5, 0.6) is 5.75 Å². The van der Waals surface area contributed by atoms with Gasteiger partial charge in [0.15, 0.2) is 0 Å². The molecule has 0 spiro atoms. The molecule has 0 radical (unpaired) electrons. The van der Waals surface area contributed by atoms with Gasteiger partial charge in [-0.1, -0.05) is 30.3 Å². The van der Waals surface area contributed by atoms with Gasteiger partial charge in [0.1, 0.15) is 17.2 Å². The van der Waals surface area contributed by atoms with Crippen LogP contribution in [0.2, 0.25) is 0 Å². The van der Waals surface area contributed by atoms with Gasteiger partial charge in [-0.05, 0) is 72.9 Å². The van der Waals surface area contributed by atoms with Crippen LogP contribution in [-0.2, 0) is 0 Å². The lowest BCUT2D eigenvalue weighted by atomic mass is 9.90. The lowest BCUT2D eigenvalue weighted by Gasteiger charge is -2.31. The molecule has 2 aromatic carbocycles. The molecule has 3 heterocycles. The second-order valence-electron chi connectivity index (χ2n) is 10.4. The molecule has 4 aromatic rings. The van der Waals surface area contributed by atoms with Crippen molar-refractivity contribution in [2.45, 2.75) is 56.7 Å². The van der Waals surface area contributed by atoms with Crippen molar-refractivity contribution in [2.24, 2.45) is 0 Å². The number of phenols is 1. The predicted molar refractivity (Wildman–Crippen MR) is 150 cm³/mol. The lowest BCUT2D eigenvalue weighted by Crippen LogP contribution is -2.46. The van der Waals surface area contributed by atoms with Gasteiger partial charge in [-0.3, -0.25) is 18.7 Å². The van der Waals surface area contributed by atoms with Gasteiger partial charge in [-0.2, -0.15) is 11.8 Å². The Morgan fingerprint density at radius 2 is 1.67 bits per heavy atom. The number of pyridine rings is 1. The zero-order chi connectivity index (χ0) is 27.1. The van der Waals surface area contributed by atoms with Crippen LogP contribution in [0, 0.1) is 5.82 Å². The van der Waals surface area contributed by atoms with E-state index in [4.69, 9.17) is 0 Å². The quantitative estimate of drug-likeness (QED) is 0.388. The lowest BCUT2D eigenvalue weighted by molar-refractivity contribution is 0.0921. The van der Waals surface area contributed by atoms with Gasteiger partial charge in [-0.25, -0.2) is 14.2 Å². The van der Waals surface area contributed by atoms with Crippen LogP contribution in [0.15, 0.2) is 58.3 Å². The van der Waals surface area contributed by atoms with Crippen molar-refractivity contribution in [1.82, 2.24) is 19.4 Å². The smallest absolute Gasteiger partial charge is 0.333 e. The van der Waals surface area contributed by atoms with Crippen LogP contribution in [0.3, 0.4) is 0 Å². The zero-order valence-electron chi connectivity index (χ0n) is 21.3. The van der Waals surface area contributed by atoms with Gasteiger partial charge in [-0.15, -0.1) is 0 Å². The Morgan fingerprint density at radius 1 is 0.949 bits per heavy atom. The largest absolute Gasteiger partial charge is 0.507 e. The molecule has 0 unspecified atom stereocenters. The molecule has 0 atom stereocenters. The topological polar surface area (TPSA) is 106 Å². The standard InChI is InChI=1S/C29H29FN4O4S/c30-18-15-23-26(31-16-18)33(21-11-13-39-14-12-21)29(38)34(28(23)37)20-8-6-19(7-9-20)32-27(36)25-22-4-2-1-3-17(22)5-10-24(25)35/h1-5,10,15-16,19-21,35H,6-9,11-14H2,(H,32,36). The first-order chi connectivity index (χ1) is 18.9. The first kappa shape index (κ1) is 25.6. The van der Waals surface area contributed by atoms with E-state index < -0.39 is 17.1 Å². The van der Waals surface area contributed by atoms with Crippen molar-refractivity contribution >= 4 is 39.5 Å². The number of aromatic nitrogens is 3. The number of fused-ring (bicyclic) bond motifs is 2. The summed E-state index contributed by atoms with van der Waals surface area (Å²) in [4.78, 5) is 44.6. The molecule has 2 aromatic heterocycles. The molecular weight excluding hydrogens is 519 g/mol. The van der Waals surface area contributed by atoms with Gasteiger partial charge in [0, 0.05) is 18.1 Å². The van der Waals surface area contributed by atoms with Crippen molar-refractivity contribution in [3.63, 3.8) is 0 Å². The number of nitrogens with zero attached hydrogens (tertiary/aromatic N) is 3. The Hall–Kier alpha value is -3.66. The number of hydrogen-bond donors (Lipinski definition) is 2. The Kier molecular flexibility index (Phi) is 6.88. The van der Waals surface area contributed by atoms with E-state index in [1.807, 2.05) is 30.0 Å². The number of rotatable bonds is 4. The van der Waals surface area contributed by atoms with Crippen molar-refractivity contribution in [2.75, 3.05) is 11.5 Å². The monoisotopic (exact) mass is 548 g/mol. The number of carbonyl (C=O) groups excluding carboxylic acids is 1. The summed E-state index contributed by atoms with van der Waals surface area (Å²) in [5.41, 5.74) is -0.423. The van der Waals surface area contributed by atoms with Gasteiger partial charge >= 0.3 is 5.69 Å². The van der Waals surface area contributed by atoms with E-state index in [2.05, 4.69) is 10.3 Å². The molecule has 10 heteroatoms. The molecule has 1 amide bonds. The van der Waals surface area contributed by atoms with E-state index in [9.17, 15) is 23.9 Å². The van der Waals surface area contributed by atoms with E-state index in [1.165, 1.54) is 16.7 Å². The molecule has 39 heavy (non-hydrogen) atoms. The average Bonchev–Trinajstić information content (AvgIpc) is 2.95. The van der Waals surface area contributed by atoms with E-state index in [0.29, 0.717) is 31.1 Å². The van der Waals surface area contributed by atoms with Crippen molar-refractivity contribution in [1.29, 1.82) is 0 Å². The number of amides is 1. The fourth-order valence-electron chi connectivity index (χ4n) is 6.03. The first-order valence-corrected chi connectivity index (χ1v) is 14.5. The third-order valence-corrected chi connectivity index (χ3v) is 9.06. The Bertz CT molecular complexity index is 1690. The number of benzene rings is 2. The summed E-state index contributed by atoms with van der Waals surface area (Å²) in [5.74, 6) is 0.782. The van der Waals surface area contributed by atoms with Crippen LogP contribution in [0.4, 0.5) is 4.39 Å². The number of aromatic hydroxyl groups is 1. The summed E-state index contributed by atoms with van der Waals surface area (Å²) in [7, 11) is 0. The summed E-state index contributed by atoms with van der Waals surface area (Å²) in [6, 6.07) is 11.3. The highest BCUT2D eigenvalue weighted by Gasteiger charge is 2.30. The number of thioether (sulfide) groups is 1. The van der Waals surface area contributed by atoms with Crippen LogP contribution in [0.25, 0.3) is 21.8 Å². The highest BCUT2D eigenvalue weighted by Crippen LogP contribution is 2.31. The number of carbonyl (C=O) groups is 1. The maximum absolute atomic E-state index is 14.1. The molecule has 0 bridgehead atoms. The summed E-state index contributed by atoms with van der Waals surface area (Å²) >= 11 is 1.83. The van der Waals surface area contributed by atoms with E-state index in [-0.39, 0.29) is 46.4 Å². The molecule has 2 N–H and O–H groups in total. The Labute approximate surface area is 227 Å². The summed E-state index contributed by atoms with van der Waals surface area (Å²) in [6.45, 7) is 0. The summed E-state index contributed by atoms with van der Waals surface area (Å²) in [5, 5.41) is 15.1. The van der Waals surface area contributed by atoms with Gasteiger partial charge in [0.05, 0.1) is 17.1 Å². The Morgan fingerprint density at radius 3 is 2.44 bits per heavy atom. The molecule has 202 valence electrons. The number of phenolic OH excluding ortho intramolecular Hbond substituents is 1. The van der Waals surface area contributed by atoms with Crippen molar-refractivity contribution in [3.8, 4) is 5.75 Å². The van der Waals surface area contributed by atoms with Crippen molar-refractivity contribution < 1.29 is 14.3 Å². The van der Waals surface area contributed by atoms with E-state index >= 15 is 0 Å². The molecule has 1 saturated heterocycles. The maximum Gasteiger partial charge on any atom is 0.333 e. The first-order valence-electron chi connectivity index (χ1n) is 13.3. The van der Waals surface area contributed by atoms with Crippen LogP contribution < -0.4 is 16.6 Å². The minimum atomic E-state index is -0.612. The second kappa shape index (κ2) is 10.5. The fraction of sp³-hybridized carbons (Fsp3) is 0.379. The molecular formula is C29H29FN4O4S. The fourth-order valence-corrected chi connectivity index (χ4v) is 7.12. The van der Waals surface area contributed by atoms with Gasteiger partial charge < -0.3 is 10.4 Å². The van der Waals surface area contributed by atoms with Crippen LogP contribution >= 0.6 is 11.8 Å². The van der Waals surface area contributed by atoms with Gasteiger partial charge in [0.25, 0.3) is 11.5 Å². The average molecular weight is 549 g/mol. The van der Waals surface area contributed by atoms with Crippen molar-refractivity contribution in [3.05, 3.63) is 80.9 Å². The summed E-state index contributed by atoms with van der Waals surface area (Å²) < 4.78 is 17.0. The van der Waals surface area contributed by atoms with Crippen LogP contribution in [-0.4, -0.2) is 42.7 Å². The predicted octanol–water partition coefficient (Wildman–Crippen LogP) is 4.54. The maximum atomic E-state index is 14.1. The number of halogens is 1. The Balaban J connectivity index is 1.27. The van der Waals surface area contributed by atoms with Crippen LogP contribution in [0.1, 0.15) is 61.0 Å². The zero-order valence-corrected chi connectivity index (χ0v) is 22.1. The van der Waals surface area contributed by atoms with E-state index in [1.54, 1.807) is 16.7 Å². The highest BCUT2D eigenvalue weighted by molar-refractivity contribution is 7.99. The van der Waals surface area contributed by atoms with Gasteiger partial charge in [0.2, 0.25) is 0 Å². The second-order valence-corrected chi connectivity index (χ2v) is 11.6. The SMILES string of the molecule is O=C(NC1CCC(n2c(=O)c3cc(F)cnc3n(C3CCSCC3)c2=O)CC1)c1c(O)ccc2ccccc12. The third kappa shape index (κ3) is 4.71. The molecule has 1 aliphatic carbocycles. The third-order valence-electron chi connectivity index (χ3n) is 8.01. The molecule has 1 saturated carbocycles. The minimum Gasteiger partial charge on any atom is -0.507 e. The molecule has 2 fully saturated rings. The summed E-state index contributed by atoms with van der Waals surface area (Å²) in [6.07, 6.45) is 4.78. The number of nitrogens with one attached hydrogen (secondary N) is 1. The normalized spacial score (nSPS) is 20.3. The molecule has 6 rings (SSSR count). The molecule has 2 aliphatic rings.